The molecule has 0 aliphatic heterocycles. The molecule has 0 N–H and O–H groups in total. The Morgan fingerprint density at radius 1 is 0.258 bits per heavy atom. The van der Waals surface area contributed by atoms with Crippen LogP contribution in [0.4, 0.5) is 0 Å². The van der Waals surface area contributed by atoms with Crippen molar-refractivity contribution in [1.29, 1.82) is 0 Å². The zero-order chi connectivity index (χ0) is 67.6. The van der Waals surface area contributed by atoms with Gasteiger partial charge in [-0.1, -0.05) is 141 Å². The van der Waals surface area contributed by atoms with Gasteiger partial charge in [-0.2, -0.15) is 18.3 Å². The Morgan fingerprint density at radius 3 is 1.07 bits per heavy atom. The van der Waals surface area contributed by atoms with Crippen molar-refractivity contribution >= 4 is 43.6 Å². The molecule has 12 aromatic rings. The van der Waals surface area contributed by atoms with Crippen LogP contribution < -0.4 is 18.3 Å². The maximum absolute atomic E-state index is 2.42. The van der Waals surface area contributed by atoms with Crippen molar-refractivity contribution in [2.24, 2.45) is 28.2 Å². The molecule has 4 saturated carbocycles. The van der Waals surface area contributed by atoms with E-state index < -0.39 is 0 Å². The lowest BCUT2D eigenvalue weighted by Gasteiger charge is -2.14. The topological polar surface area (TPSA) is 15.5 Å². The highest BCUT2D eigenvalue weighted by Gasteiger charge is 2.27. The van der Waals surface area contributed by atoms with Gasteiger partial charge in [0.15, 0.2) is 0 Å². The minimum atomic E-state index is 0.748. The highest BCUT2D eigenvalue weighted by molar-refractivity contribution is 5.84. The van der Waals surface area contributed by atoms with E-state index in [-0.39, 0.29) is 0 Å². The van der Waals surface area contributed by atoms with Crippen LogP contribution in [0.2, 0.25) is 0 Å². The van der Waals surface area contributed by atoms with E-state index in [1.54, 1.807) is 5.56 Å². The zero-order valence-electron chi connectivity index (χ0n) is 60.8. The lowest BCUT2D eigenvalue weighted by Crippen LogP contribution is -2.32. The van der Waals surface area contributed by atoms with Gasteiger partial charge in [-0.3, -0.25) is 0 Å². The van der Waals surface area contributed by atoms with Gasteiger partial charge in [-0.25, -0.2) is 0 Å². The fraction of sp³-hybridized carbons (Fsp3) is 0.355. The fourth-order valence-corrected chi connectivity index (χ4v) is 17.4. The number of rotatable bonds is 8. The summed E-state index contributed by atoms with van der Waals surface area (Å²) >= 11 is 0. The molecule has 0 saturated heterocycles. The third-order valence-corrected chi connectivity index (χ3v) is 23.4. The molecule has 4 aromatic heterocycles. The summed E-state index contributed by atoms with van der Waals surface area (Å²) in [5.41, 5.74) is 34.1. The molecule has 4 heteroatoms. The van der Waals surface area contributed by atoms with Crippen LogP contribution >= 0.6 is 0 Å². The lowest BCUT2D eigenvalue weighted by atomic mass is 9.92. The third-order valence-electron chi connectivity index (χ3n) is 23.4. The van der Waals surface area contributed by atoms with Crippen molar-refractivity contribution < 1.29 is 18.3 Å². The summed E-state index contributed by atoms with van der Waals surface area (Å²) in [6, 6.07) is 71.0. The van der Waals surface area contributed by atoms with Crippen LogP contribution in [-0.2, 0) is 28.2 Å². The summed E-state index contributed by atoms with van der Waals surface area (Å²) in [6.07, 6.45) is 22.0. The van der Waals surface area contributed by atoms with Gasteiger partial charge in [0.2, 0.25) is 44.8 Å². The van der Waals surface area contributed by atoms with E-state index >= 15 is 0 Å². The quantitative estimate of drug-likeness (QED) is 0.135. The normalized spacial score (nSPS) is 15.3. The van der Waals surface area contributed by atoms with Crippen molar-refractivity contribution in [1.82, 2.24) is 0 Å². The largest absolute Gasteiger partial charge is 0.213 e. The van der Waals surface area contributed by atoms with Crippen LogP contribution in [0.15, 0.2) is 188 Å². The molecular formula is C93H106N4+4. The molecule has 4 aliphatic rings. The Hall–Kier alpha value is -8.60. The minimum Gasteiger partial charge on any atom is -0.194 e. The first-order valence-electron chi connectivity index (χ1n) is 37.0. The van der Waals surface area contributed by atoms with Gasteiger partial charge >= 0.3 is 0 Å². The predicted octanol–water partition coefficient (Wildman–Crippen LogP) is 22.7. The zero-order valence-corrected chi connectivity index (χ0v) is 60.8. The number of pyridine rings is 4. The van der Waals surface area contributed by atoms with Gasteiger partial charge in [-0.15, -0.1) is 0 Å². The average molecular weight is 1280 g/mol. The summed E-state index contributed by atoms with van der Waals surface area (Å²) in [5, 5.41) is 5.51. The maximum Gasteiger partial charge on any atom is 0.213 e. The molecule has 4 aliphatic carbocycles. The molecule has 16 rings (SSSR count). The average Bonchev–Trinajstić information content (AvgIpc) is 1.30. The van der Waals surface area contributed by atoms with Gasteiger partial charge < -0.3 is 0 Å². The SMILES string of the molecule is Cc1cc(C)c(C)c(-c2ccc3c(C4CCCC4)cccc3[n+]2C)c1.Cc1cc(C)c(C)c(-c2ccc3cc(C4CCCC4)ccc3[n+]2C)c1.Cc1ccc(C)c(-c2ccc3cc(C4CCCC4)ccc3[n+]2C)c1.Cc1ccccc1-c1ccc2cc(C3CCCC3)ccc2[n+]1C. The first kappa shape index (κ1) is 67.0. The monoisotopic (exact) mass is 1280 g/mol. The summed E-state index contributed by atoms with van der Waals surface area (Å²) in [5.74, 6) is 3.08. The van der Waals surface area contributed by atoms with E-state index in [1.807, 2.05) is 0 Å². The van der Waals surface area contributed by atoms with Crippen molar-refractivity contribution in [2.45, 2.75) is 189 Å². The Labute approximate surface area is 580 Å². The summed E-state index contributed by atoms with van der Waals surface area (Å²) in [4.78, 5) is 0. The molecule has 4 nitrogen and oxygen atoms in total. The molecule has 0 radical (unpaired) electrons. The van der Waals surface area contributed by atoms with Gasteiger partial charge in [0.1, 0.15) is 28.2 Å². The van der Waals surface area contributed by atoms with E-state index in [2.05, 4.69) is 297 Å². The number of hydrogen-bond acceptors (Lipinski definition) is 0. The second-order valence-electron chi connectivity index (χ2n) is 29.9. The van der Waals surface area contributed by atoms with Crippen LogP contribution in [-0.4, -0.2) is 0 Å². The Kier molecular flexibility index (Phi) is 20.2. The van der Waals surface area contributed by atoms with Crippen LogP contribution in [0.25, 0.3) is 88.6 Å². The van der Waals surface area contributed by atoms with Crippen molar-refractivity contribution in [3.8, 4) is 45.0 Å². The molecule has 97 heavy (non-hydrogen) atoms. The van der Waals surface area contributed by atoms with Gasteiger partial charge in [0.05, 0.1) is 0 Å². The molecule has 0 atom stereocenters. The van der Waals surface area contributed by atoms with E-state index in [0.29, 0.717) is 0 Å². The van der Waals surface area contributed by atoms with Crippen molar-refractivity contribution in [3.63, 3.8) is 0 Å². The fourth-order valence-electron chi connectivity index (χ4n) is 17.4. The van der Waals surface area contributed by atoms with Crippen LogP contribution in [0.5, 0.6) is 0 Å². The first-order valence-corrected chi connectivity index (χ1v) is 37.0. The van der Waals surface area contributed by atoms with Crippen molar-refractivity contribution in [2.75, 3.05) is 0 Å². The lowest BCUT2D eigenvalue weighted by molar-refractivity contribution is -0.633. The van der Waals surface area contributed by atoms with E-state index in [9.17, 15) is 0 Å². The number of benzene rings is 8. The Bertz CT molecular complexity index is 4880. The van der Waals surface area contributed by atoms with Gasteiger partial charge in [-0.05, 0) is 260 Å². The Morgan fingerprint density at radius 2 is 0.629 bits per heavy atom. The predicted molar refractivity (Wildman–Crippen MR) is 410 cm³/mol. The molecule has 494 valence electrons. The minimum absolute atomic E-state index is 0.748. The summed E-state index contributed by atoms with van der Waals surface area (Å²) in [6.45, 7) is 19.8. The number of aryl methyl sites for hydroxylation is 11. The second-order valence-corrected chi connectivity index (χ2v) is 29.9. The molecule has 0 amide bonds. The van der Waals surface area contributed by atoms with Crippen LogP contribution in [0, 0.1) is 62.3 Å². The molecular weight excluding hydrogens is 1170 g/mol. The van der Waals surface area contributed by atoms with E-state index in [0.717, 1.165) is 23.7 Å². The molecule has 8 aromatic carbocycles. The van der Waals surface area contributed by atoms with Gasteiger partial charge in [0.25, 0.3) is 0 Å². The summed E-state index contributed by atoms with van der Waals surface area (Å²) in [7, 11) is 8.78. The number of fused-ring (bicyclic) bond motifs is 4. The molecule has 0 unspecified atom stereocenters. The number of hydrogen-bond donors (Lipinski definition) is 0. The smallest absolute Gasteiger partial charge is 0.194 e. The van der Waals surface area contributed by atoms with Gasteiger partial charge in [0, 0.05) is 92.3 Å². The maximum atomic E-state index is 2.42. The second kappa shape index (κ2) is 29.2. The van der Waals surface area contributed by atoms with Crippen LogP contribution in [0.1, 0.15) is 199 Å². The highest BCUT2D eigenvalue weighted by Crippen LogP contribution is 2.41. The van der Waals surface area contributed by atoms with Crippen LogP contribution in [0.3, 0.4) is 0 Å². The van der Waals surface area contributed by atoms with Crippen molar-refractivity contribution in [3.05, 3.63) is 260 Å². The standard InChI is InChI=1S/2C24H28N.C23H26N.C22H24N/c1-16-14-17(2)18(3)22(15-16)24-13-12-21-20(19-8-5-6-9-19)10-7-11-23(21)25(24)4;1-16-13-17(2)18(3)22(14-16)24-12-10-21-15-20(19-7-5-6-8-19)9-11-23(21)25(24)4;1-16-8-9-17(2)21(14-16)23-13-11-20-15-19(18-6-4-5-7-18)10-12-22(20)24(23)3;1-16-7-3-6-10-20(16)22-14-12-19-15-18(17-8-4-5-9-17)11-13-21(19)23(22)2/h7,10-15,19H,5-6,8-9H2,1-4H3;9-15,19H,5-8H2,1-4H3;8-15,18H,4-7H2,1-3H3;3,6-7,10-15,17H,4-5,8-9H2,1-2H3/q4*+1. The first-order chi connectivity index (χ1) is 47.0. The third kappa shape index (κ3) is 14.1. The highest BCUT2D eigenvalue weighted by atomic mass is 15.0. The molecule has 0 bridgehead atoms. The molecule has 4 fully saturated rings. The summed E-state index contributed by atoms with van der Waals surface area (Å²) < 4.78 is 9.41. The number of nitrogens with zero attached hydrogens (tertiary/aromatic N) is 4. The Balaban J connectivity index is 0.000000117. The molecule has 4 heterocycles. The number of aromatic nitrogens is 4. The molecule has 0 spiro atoms. The van der Waals surface area contributed by atoms with E-state index in [4.69, 9.17) is 0 Å². The van der Waals surface area contributed by atoms with E-state index in [1.165, 1.54) is 258 Å².